The molecular formula is C20H24N2O5. The molecule has 0 saturated heterocycles. The van der Waals surface area contributed by atoms with Crippen LogP contribution in [-0.2, 0) is 9.53 Å². The van der Waals surface area contributed by atoms with Crippen molar-refractivity contribution in [1.29, 1.82) is 0 Å². The number of hydrogen-bond donors (Lipinski definition) is 2. The number of ether oxygens (including phenoxy) is 2. The summed E-state index contributed by atoms with van der Waals surface area (Å²) in [6.07, 6.45) is 2.28. The van der Waals surface area contributed by atoms with Gasteiger partial charge in [0.1, 0.15) is 22.9 Å². The number of methoxy groups -OCH3 is 1. The van der Waals surface area contributed by atoms with Crippen molar-refractivity contribution in [3.63, 3.8) is 0 Å². The second-order valence-electron chi connectivity index (χ2n) is 6.81. The quantitative estimate of drug-likeness (QED) is 0.749. The van der Waals surface area contributed by atoms with Gasteiger partial charge in [0, 0.05) is 12.1 Å². The van der Waals surface area contributed by atoms with Crippen molar-refractivity contribution >= 4 is 29.5 Å². The Balaban J connectivity index is 2.14. The predicted octanol–water partition coefficient (Wildman–Crippen LogP) is 4.60. The molecular weight excluding hydrogens is 348 g/mol. The monoisotopic (exact) mass is 372 g/mol. The largest absolute Gasteiger partial charge is 0.497 e. The summed E-state index contributed by atoms with van der Waals surface area (Å²) in [5.74, 6) is 1.47. The Hall–Kier alpha value is -3.22. The smallest absolute Gasteiger partial charge is 0.412 e. The van der Waals surface area contributed by atoms with Crippen LogP contribution in [0.2, 0.25) is 0 Å². The summed E-state index contributed by atoms with van der Waals surface area (Å²) < 4.78 is 15.8. The number of carbonyl (C=O) groups is 2. The summed E-state index contributed by atoms with van der Waals surface area (Å²) in [6, 6.07) is 8.47. The third-order valence-corrected chi connectivity index (χ3v) is 3.28. The molecule has 0 aliphatic heterocycles. The topological polar surface area (TPSA) is 89.8 Å². The van der Waals surface area contributed by atoms with Crippen LogP contribution in [-0.4, -0.2) is 24.7 Å². The third-order valence-electron chi connectivity index (χ3n) is 3.28. The first-order valence-corrected chi connectivity index (χ1v) is 8.40. The van der Waals surface area contributed by atoms with Crippen LogP contribution in [0.25, 0.3) is 6.08 Å². The lowest BCUT2D eigenvalue weighted by atomic mass is 10.2. The van der Waals surface area contributed by atoms with Crippen molar-refractivity contribution in [2.45, 2.75) is 33.3 Å². The highest BCUT2D eigenvalue weighted by molar-refractivity contribution is 6.05. The number of carbonyl (C=O) groups excluding carboxylic acids is 2. The molecule has 0 spiro atoms. The average molecular weight is 372 g/mol. The van der Waals surface area contributed by atoms with Gasteiger partial charge in [0.15, 0.2) is 0 Å². The summed E-state index contributed by atoms with van der Waals surface area (Å²) in [6.45, 7) is 7.13. The average Bonchev–Trinajstić information content (AvgIpc) is 2.98. The Kier molecular flexibility index (Phi) is 6.28. The minimum Gasteiger partial charge on any atom is -0.497 e. The van der Waals surface area contributed by atoms with Gasteiger partial charge in [0.25, 0.3) is 0 Å². The van der Waals surface area contributed by atoms with E-state index in [0.29, 0.717) is 22.9 Å². The molecule has 2 amide bonds. The van der Waals surface area contributed by atoms with E-state index in [9.17, 15) is 9.59 Å². The Morgan fingerprint density at radius 2 is 1.81 bits per heavy atom. The van der Waals surface area contributed by atoms with E-state index >= 15 is 0 Å². The maximum Gasteiger partial charge on any atom is 0.412 e. The molecule has 1 aromatic carbocycles. The molecule has 1 aromatic heterocycles. The number of anilines is 2. The van der Waals surface area contributed by atoms with Gasteiger partial charge in [-0.3, -0.25) is 10.1 Å². The van der Waals surface area contributed by atoms with Gasteiger partial charge in [-0.25, -0.2) is 4.79 Å². The third kappa shape index (κ3) is 6.54. The Bertz CT molecular complexity index is 846. The van der Waals surface area contributed by atoms with E-state index in [1.807, 2.05) is 13.0 Å². The number of amides is 2. The Morgan fingerprint density at radius 1 is 1.07 bits per heavy atom. The highest BCUT2D eigenvalue weighted by atomic mass is 16.6. The zero-order chi connectivity index (χ0) is 20.0. The van der Waals surface area contributed by atoms with Crippen LogP contribution in [0.4, 0.5) is 16.2 Å². The fourth-order valence-electron chi connectivity index (χ4n) is 2.15. The summed E-state index contributed by atoms with van der Waals surface area (Å²) in [5.41, 5.74) is 0.135. The minimum atomic E-state index is -0.635. The molecule has 27 heavy (non-hydrogen) atoms. The van der Waals surface area contributed by atoms with Gasteiger partial charge in [0.2, 0.25) is 5.91 Å². The standard InChI is InChI=1S/C20H24N2O5/c1-13-6-7-14(26-13)9-11-18(23)21-17-12-15(25-5)8-10-16(17)22-19(24)27-20(2,3)4/h6-12H,1-5H3,(H,21,23)(H,22,24)/b11-9+. The van der Waals surface area contributed by atoms with Crippen molar-refractivity contribution in [3.05, 3.63) is 47.9 Å². The lowest BCUT2D eigenvalue weighted by molar-refractivity contribution is -0.111. The van der Waals surface area contributed by atoms with Gasteiger partial charge in [-0.2, -0.15) is 0 Å². The van der Waals surface area contributed by atoms with Crippen LogP contribution in [0.3, 0.4) is 0 Å². The number of nitrogens with one attached hydrogen (secondary N) is 2. The van der Waals surface area contributed by atoms with Gasteiger partial charge in [-0.15, -0.1) is 0 Å². The van der Waals surface area contributed by atoms with Crippen LogP contribution in [0, 0.1) is 6.92 Å². The Labute approximate surface area is 158 Å². The first-order chi connectivity index (χ1) is 12.7. The van der Waals surface area contributed by atoms with Crippen LogP contribution < -0.4 is 15.4 Å². The number of aryl methyl sites for hydroxylation is 1. The van der Waals surface area contributed by atoms with Crippen LogP contribution >= 0.6 is 0 Å². The molecule has 1 heterocycles. The van der Waals surface area contributed by atoms with Crippen LogP contribution in [0.1, 0.15) is 32.3 Å². The Morgan fingerprint density at radius 3 is 2.41 bits per heavy atom. The number of hydrogen-bond acceptors (Lipinski definition) is 5. The molecule has 0 radical (unpaired) electrons. The first-order valence-electron chi connectivity index (χ1n) is 8.40. The highest BCUT2D eigenvalue weighted by Crippen LogP contribution is 2.27. The molecule has 0 unspecified atom stereocenters. The van der Waals surface area contributed by atoms with Crippen LogP contribution in [0.5, 0.6) is 5.75 Å². The SMILES string of the molecule is COc1ccc(NC(=O)OC(C)(C)C)c(NC(=O)/C=C/c2ccc(C)o2)c1. The second-order valence-corrected chi connectivity index (χ2v) is 6.81. The van der Waals surface area contributed by atoms with E-state index in [-0.39, 0.29) is 5.91 Å². The van der Waals surface area contributed by atoms with Gasteiger partial charge in [-0.1, -0.05) is 0 Å². The van der Waals surface area contributed by atoms with Gasteiger partial charge < -0.3 is 19.2 Å². The second kappa shape index (κ2) is 8.44. The summed E-state index contributed by atoms with van der Waals surface area (Å²) in [7, 11) is 1.51. The maximum absolute atomic E-state index is 12.2. The predicted molar refractivity (Wildman–Crippen MR) is 104 cm³/mol. The molecule has 2 aromatic rings. The van der Waals surface area contributed by atoms with E-state index in [0.717, 1.165) is 5.76 Å². The molecule has 7 heteroatoms. The van der Waals surface area contributed by atoms with E-state index in [1.165, 1.54) is 13.2 Å². The molecule has 2 rings (SSSR count). The van der Waals surface area contributed by atoms with E-state index in [2.05, 4.69) is 10.6 Å². The molecule has 7 nitrogen and oxygen atoms in total. The van der Waals surface area contributed by atoms with Crippen molar-refractivity contribution in [2.75, 3.05) is 17.7 Å². The van der Waals surface area contributed by atoms with Crippen molar-refractivity contribution in [1.82, 2.24) is 0 Å². The zero-order valence-electron chi connectivity index (χ0n) is 16.1. The maximum atomic E-state index is 12.2. The molecule has 0 saturated carbocycles. The van der Waals surface area contributed by atoms with Crippen LogP contribution in [0.15, 0.2) is 40.8 Å². The fraction of sp³-hybridized carbons (Fsp3) is 0.300. The number of rotatable bonds is 5. The molecule has 0 aliphatic rings. The molecule has 0 atom stereocenters. The summed E-state index contributed by atoms with van der Waals surface area (Å²) in [5, 5.41) is 5.34. The van der Waals surface area contributed by atoms with Crippen molar-refractivity contribution < 1.29 is 23.5 Å². The summed E-state index contributed by atoms with van der Waals surface area (Å²) in [4.78, 5) is 24.3. The molecule has 0 fully saturated rings. The lowest BCUT2D eigenvalue weighted by Crippen LogP contribution is -2.27. The number of furan rings is 1. The van der Waals surface area contributed by atoms with Crippen molar-refractivity contribution in [2.24, 2.45) is 0 Å². The summed E-state index contributed by atoms with van der Waals surface area (Å²) >= 11 is 0. The van der Waals surface area contributed by atoms with Gasteiger partial charge in [0.05, 0.1) is 18.5 Å². The van der Waals surface area contributed by atoms with E-state index in [1.54, 1.807) is 51.1 Å². The molecule has 2 N–H and O–H groups in total. The molecule has 0 bridgehead atoms. The number of benzene rings is 1. The van der Waals surface area contributed by atoms with Crippen molar-refractivity contribution in [3.8, 4) is 5.75 Å². The fourth-order valence-corrected chi connectivity index (χ4v) is 2.15. The molecule has 144 valence electrons. The molecule has 0 aliphatic carbocycles. The lowest BCUT2D eigenvalue weighted by Gasteiger charge is -2.20. The van der Waals surface area contributed by atoms with E-state index in [4.69, 9.17) is 13.9 Å². The zero-order valence-corrected chi connectivity index (χ0v) is 16.1. The van der Waals surface area contributed by atoms with E-state index < -0.39 is 11.7 Å². The van der Waals surface area contributed by atoms with Gasteiger partial charge in [-0.05, 0) is 58.0 Å². The van der Waals surface area contributed by atoms with Gasteiger partial charge >= 0.3 is 6.09 Å². The normalized spacial score (nSPS) is 11.3. The first kappa shape index (κ1) is 20.1. The minimum absolute atomic E-state index is 0.380. The highest BCUT2D eigenvalue weighted by Gasteiger charge is 2.18.